The third kappa shape index (κ3) is 3.37. The molecular weight excluding hydrogens is 376 g/mol. The Morgan fingerprint density at radius 3 is 2.86 bits per heavy atom. The first-order valence-corrected chi connectivity index (χ1v) is 10.5. The number of fused-ring (bicyclic) bond motifs is 4. The second kappa shape index (κ2) is 7.50. The molecule has 1 fully saturated rings. The van der Waals surface area contributed by atoms with Gasteiger partial charge in [-0.25, -0.2) is 4.98 Å². The maximum absolute atomic E-state index is 13.1. The van der Waals surface area contributed by atoms with Crippen LogP contribution in [0.25, 0.3) is 0 Å². The Morgan fingerprint density at radius 1 is 1.32 bits per heavy atom. The van der Waals surface area contributed by atoms with Gasteiger partial charge in [-0.05, 0) is 19.4 Å². The van der Waals surface area contributed by atoms with Crippen LogP contribution in [0.1, 0.15) is 41.6 Å². The van der Waals surface area contributed by atoms with Gasteiger partial charge in [-0.1, -0.05) is 6.07 Å². The van der Waals surface area contributed by atoms with Crippen molar-refractivity contribution in [2.45, 2.75) is 38.6 Å². The lowest BCUT2D eigenvalue weighted by atomic mass is 9.78. The Hall–Kier alpha value is -2.48. The molecule has 7 nitrogen and oxygen atoms in total. The van der Waals surface area contributed by atoms with Crippen LogP contribution >= 0.6 is 11.3 Å². The molecule has 1 N–H and O–H groups in total. The molecule has 28 heavy (non-hydrogen) atoms. The summed E-state index contributed by atoms with van der Waals surface area (Å²) >= 11 is 1.58. The van der Waals surface area contributed by atoms with Gasteiger partial charge in [0.15, 0.2) is 0 Å². The van der Waals surface area contributed by atoms with Gasteiger partial charge in [0.2, 0.25) is 11.8 Å². The number of aryl methyl sites for hydroxylation is 1. The van der Waals surface area contributed by atoms with Crippen LogP contribution in [0.15, 0.2) is 28.5 Å². The van der Waals surface area contributed by atoms with E-state index in [4.69, 9.17) is 0 Å². The van der Waals surface area contributed by atoms with Crippen LogP contribution in [0.4, 0.5) is 0 Å². The van der Waals surface area contributed by atoms with E-state index in [1.54, 1.807) is 33.8 Å². The monoisotopic (exact) mass is 400 g/mol. The highest BCUT2D eigenvalue weighted by molar-refractivity contribution is 7.09. The third-order valence-electron chi connectivity index (χ3n) is 5.86. The summed E-state index contributed by atoms with van der Waals surface area (Å²) in [6.45, 7) is 5.14. The number of rotatable bonds is 4. The van der Waals surface area contributed by atoms with Crippen molar-refractivity contribution in [3.63, 3.8) is 0 Å². The van der Waals surface area contributed by atoms with Crippen molar-refractivity contribution in [3.8, 4) is 0 Å². The molecule has 2 aliphatic heterocycles. The van der Waals surface area contributed by atoms with E-state index in [2.05, 4.69) is 10.3 Å². The molecule has 0 unspecified atom stereocenters. The fourth-order valence-corrected chi connectivity index (χ4v) is 5.28. The maximum atomic E-state index is 13.1. The first-order chi connectivity index (χ1) is 13.5. The van der Waals surface area contributed by atoms with E-state index in [0.717, 1.165) is 29.1 Å². The van der Waals surface area contributed by atoms with Crippen molar-refractivity contribution in [2.24, 2.45) is 5.92 Å². The van der Waals surface area contributed by atoms with Gasteiger partial charge in [-0.2, -0.15) is 0 Å². The molecule has 2 bridgehead atoms. The highest BCUT2D eigenvalue weighted by atomic mass is 32.1. The van der Waals surface area contributed by atoms with E-state index in [0.29, 0.717) is 19.6 Å². The number of thiazole rings is 1. The number of piperidine rings is 1. The van der Waals surface area contributed by atoms with Crippen LogP contribution in [0.5, 0.6) is 0 Å². The van der Waals surface area contributed by atoms with Gasteiger partial charge in [-0.3, -0.25) is 19.0 Å². The number of hydrogen-bond acceptors (Lipinski definition) is 5. The number of hydrogen-bond donors (Lipinski definition) is 1. The van der Waals surface area contributed by atoms with Gasteiger partial charge in [0.1, 0.15) is 6.04 Å². The quantitative estimate of drug-likeness (QED) is 0.843. The zero-order valence-corrected chi connectivity index (χ0v) is 16.9. The maximum Gasteiger partial charge on any atom is 0.251 e. The molecule has 1 saturated heterocycles. The second-order valence-electron chi connectivity index (χ2n) is 7.62. The Balaban J connectivity index is 1.58. The van der Waals surface area contributed by atoms with E-state index in [9.17, 15) is 14.4 Å². The van der Waals surface area contributed by atoms with Crippen molar-refractivity contribution in [3.05, 3.63) is 50.3 Å². The summed E-state index contributed by atoms with van der Waals surface area (Å²) in [6, 6.07) is 4.58. The standard InChI is InChI=1S/C20H24N4O3S/c1-12-17(28-11-22-12)6-7-21-20(27)19-15-8-14(9-23(10-15)13(2)25)16-4-3-5-18(26)24(16)19/h3-5,11,14-15,19H,6-10H2,1-2H3,(H,21,27)/t14-,15+,19-/m1/s1. The zero-order chi connectivity index (χ0) is 19.8. The van der Waals surface area contributed by atoms with Crippen LogP contribution in [0.3, 0.4) is 0 Å². The molecular formula is C20H24N4O3S. The van der Waals surface area contributed by atoms with Gasteiger partial charge < -0.3 is 10.2 Å². The SMILES string of the molecule is CC(=O)N1C[C@H]2C[C@@H](C1)[C@H](C(=O)NCCc1scnc1C)n1c2cccc1=O. The highest BCUT2D eigenvalue weighted by Crippen LogP contribution is 2.41. The predicted molar refractivity (Wildman–Crippen MR) is 106 cm³/mol. The fraction of sp³-hybridized carbons (Fsp3) is 0.500. The molecule has 2 aliphatic rings. The summed E-state index contributed by atoms with van der Waals surface area (Å²) in [4.78, 5) is 44.9. The van der Waals surface area contributed by atoms with Crippen LogP contribution < -0.4 is 10.9 Å². The van der Waals surface area contributed by atoms with Gasteiger partial charge >= 0.3 is 0 Å². The molecule has 2 amide bonds. The minimum atomic E-state index is -0.579. The Morgan fingerprint density at radius 2 is 2.14 bits per heavy atom. The highest BCUT2D eigenvalue weighted by Gasteiger charge is 2.44. The first-order valence-electron chi connectivity index (χ1n) is 9.59. The van der Waals surface area contributed by atoms with Crippen molar-refractivity contribution in [2.75, 3.05) is 19.6 Å². The number of nitrogens with zero attached hydrogens (tertiary/aromatic N) is 3. The average molecular weight is 401 g/mol. The summed E-state index contributed by atoms with van der Waals surface area (Å²) in [5, 5.41) is 3.01. The van der Waals surface area contributed by atoms with E-state index in [1.807, 2.05) is 18.5 Å². The van der Waals surface area contributed by atoms with Crippen molar-refractivity contribution >= 4 is 23.2 Å². The second-order valence-corrected chi connectivity index (χ2v) is 8.56. The van der Waals surface area contributed by atoms with Gasteiger partial charge in [0.25, 0.3) is 5.56 Å². The molecule has 0 spiro atoms. The van der Waals surface area contributed by atoms with E-state index >= 15 is 0 Å². The fourth-order valence-electron chi connectivity index (χ4n) is 4.50. The number of carbonyl (C=O) groups is 2. The smallest absolute Gasteiger partial charge is 0.251 e. The minimum absolute atomic E-state index is 0.0151. The number of aromatic nitrogens is 2. The molecule has 2 aromatic heterocycles. The molecule has 0 radical (unpaired) electrons. The normalized spacial score (nSPS) is 23.2. The van der Waals surface area contributed by atoms with Crippen LogP contribution in [-0.2, 0) is 16.0 Å². The zero-order valence-electron chi connectivity index (χ0n) is 16.1. The molecule has 148 valence electrons. The molecule has 8 heteroatoms. The number of pyridine rings is 1. The molecule has 3 atom stereocenters. The molecule has 0 saturated carbocycles. The Labute approximate surface area is 167 Å². The lowest BCUT2D eigenvalue weighted by Gasteiger charge is -2.46. The van der Waals surface area contributed by atoms with Gasteiger partial charge in [0, 0.05) is 61.5 Å². The lowest BCUT2D eigenvalue weighted by Crippen LogP contribution is -2.54. The van der Waals surface area contributed by atoms with E-state index in [-0.39, 0.29) is 29.2 Å². The number of amides is 2. The van der Waals surface area contributed by atoms with Gasteiger partial charge in [-0.15, -0.1) is 11.3 Å². The number of likely N-dealkylation sites (tertiary alicyclic amines) is 1. The summed E-state index contributed by atoms with van der Waals surface area (Å²) in [5.41, 5.74) is 3.50. The number of carbonyl (C=O) groups excluding carboxylic acids is 2. The summed E-state index contributed by atoms with van der Waals surface area (Å²) < 4.78 is 1.66. The van der Waals surface area contributed by atoms with E-state index < -0.39 is 6.04 Å². The summed E-state index contributed by atoms with van der Waals surface area (Å²) in [7, 11) is 0. The first kappa shape index (κ1) is 18.9. The Kier molecular flexibility index (Phi) is 5.05. The average Bonchev–Trinajstić information content (AvgIpc) is 3.07. The Bertz CT molecular complexity index is 966. The van der Waals surface area contributed by atoms with Crippen molar-refractivity contribution in [1.29, 1.82) is 0 Å². The summed E-state index contributed by atoms with van der Waals surface area (Å²) in [5.74, 6) is -0.0901. The van der Waals surface area contributed by atoms with Crippen LogP contribution in [-0.4, -0.2) is 45.9 Å². The molecule has 0 aromatic carbocycles. The molecule has 0 aliphatic carbocycles. The largest absolute Gasteiger partial charge is 0.354 e. The topological polar surface area (TPSA) is 84.3 Å². The van der Waals surface area contributed by atoms with Crippen LogP contribution in [0.2, 0.25) is 0 Å². The minimum Gasteiger partial charge on any atom is -0.354 e. The molecule has 4 heterocycles. The van der Waals surface area contributed by atoms with Crippen molar-refractivity contribution < 1.29 is 9.59 Å². The molecule has 2 aromatic rings. The summed E-state index contributed by atoms with van der Waals surface area (Å²) in [6.07, 6.45) is 1.54. The predicted octanol–water partition coefficient (Wildman–Crippen LogP) is 1.48. The molecule has 4 rings (SSSR count). The van der Waals surface area contributed by atoms with Gasteiger partial charge in [0.05, 0.1) is 11.2 Å². The van der Waals surface area contributed by atoms with E-state index in [1.165, 1.54) is 6.07 Å². The van der Waals surface area contributed by atoms with Crippen LogP contribution in [0, 0.1) is 12.8 Å². The van der Waals surface area contributed by atoms with Crippen molar-refractivity contribution in [1.82, 2.24) is 19.8 Å². The number of nitrogens with one attached hydrogen (secondary N) is 1. The lowest BCUT2D eigenvalue weighted by molar-refractivity contribution is -0.135. The third-order valence-corrected chi connectivity index (χ3v) is 6.85.